The molecule has 45 heavy (non-hydrogen) atoms. The summed E-state index contributed by atoms with van der Waals surface area (Å²) in [6, 6.07) is 23.7. The molecule has 2 aromatic heterocycles. The van der Waals surface area contributed by atoms with E-state index in [0.717, 1.165) is 38.4 Å². The fourth-order valence-electron chi connectivity index (χ4n) is 5.33. The maximum Gasteiger partial charge on any atom is 0.281 e. The Morgan fingerprint density at radius 2 is 1.71 bits per heavy atom. The molecule has 0 saturated carbocycles. The Bertz CT molecular complexity index is 2030. The average Bonchev–Trinajstić information content (AvgIpc) is 3.77. The molecule has 0 spiro atoms. The first-order chi connectivity index (χ1) is 21.7. The zero-order valence-corrected chi connectivity index (χ0v) is 26.4. The number of carbonyl (C=O) groups is 2. The van der Waals surface area contributed by atoms with Crippen molar-refractivity contribution in [3.63, 3.8) is 0 Å². The van der Waals surface area contributed by atoms with Crippen LogP contribution in [0.15, 0.2) is 102 Å². The Morgan fingerprint density at radius 3 is 2.44 bits per heavy atom. The molecule has 10 heteroatoms. The Balaban J connectivity index is 1.17. The molecule has 2 heterocycles. The highest BCUT2D eigenvalue weighted by Gasteiger charge is 2.26. The summed E-state index contributed by atoms with van der Waals surface area (Å²) < 4.78 is 28.1. The number of rotatable bonds is 7. The molecule has 1 unspecified atom stereocenters. The maximum atomic E-state index is 14.3. The summed E-state index contributed by atoms with van der Waals surface area (Å²) in [7, 11) is -1.08. The fraction of sp³-hybridized carbons (Fsp3) is 0.114. The van der Waals surface area contributed by atoms with Crippen LogP contribution in [0.4, 0.5) is 4.39 Å². The minimum atomic E-state index is -1.08. The third-order valence-electron chi connectivity index (χ3n) is 7.63. The van der Waals surface area contributed by atoms with Gasteiger partial charge < -0.3 is 4.57 Å². The minimum absolute atomic E-state index is 0.0627. The smallest absolute Gasteiger partial charge is 0.281 e. The number of halogens is 1. The van der Waals surface area contributed by atoms with Gasteiger partial charge in [0.15, 0.2) is 0 Å². The zero-order valence-electron chi connectivity index (χ0n) is 24.8. The number of aromatic nitrogens is 2. The maximum absolute atomic E-state index is 14.3. The van der Waals surface area contributed by atoms with Gasteiger partial charge in [-0.05, 0) is 102 Å². The van der Waals surface area contributed by atoms with Gasteiger partial charge in [-0.3, -0.25) is 24.6 Å². The average molecular weight is 637 g/mol. The second kappa shape index (κ2) is 12.6. The lowest BCUT2D eigenvalue weighted by atomic mass is 10.0. The molecule has 3 aromatic carbocycles. The number of amides is 2. The minimum Gasteiger partial charge on any atom is -0.324 e. The number of carbonyl (C=O) groups excluding carboxylic acids is 2. The van der Waals surface area contributed by atoms with E-state index < -0.39 is 28.4 Å². The van der Waals surface area contributed by atoms with E-state index >= 15 is 0 Å². The lowest BCUT2D eigenvalue weighted by molar-refractivity contribution is -0.120. The standard InChI is InChI=1S/C35H29FN4O3S2/c1-21-29(17-23-9-12-27(13-10-23)45(3)43)28-14-11-25(36)19-31(28)30(21)20-32(41)38-39-34(42)33-22(2)37-35(44-33)24-7-6-8-26(18-24)40-15-4-5-16-40/h4-19H,20H2,1-3H3,(H,38,41)(H,39,42)/b29-17-. The quantitative estimate of drug-likeness (QED) is 0.189. The highest BCUT2D eigenvalue weighted by molar-refractivity contribution is 7.84. The lowest BCUT2D eigenvalue weighted by Crippen LogP contribution is -2.41. The van der Waals surface area contributed by atoms with Crippen molar-refractivity contribution in [3.05, 3.63) is 130 Å². The molecule has 6 rings (SSSR count). The molecule has 0 radical (unpaired) electrons. The van der Waals surface area contributed by atoms with Gasteiger partial charge in [-0.1, -0.05) is 30.3 Å². The van der Waals surface area contributed by atoms with Gasteiger partial charge in [0.2, 0.25) is 5.91 Å². The largest absolute Gasteiger partial charge is 0.324 e. The van der Waals surface area contributed by atoms with E-state index in [1.807, 2.05) is 90.6 Å². The summed E-state index contributed by atoms with van der Waals surface area (Å²) in [6.07, 6.45) is 7.45. The van der Waals surface area contributed by atoms with Crippen LogP contribution in [0.2, 0.25) is 0 Å². The Morgan fingerprint density at radius 1 is 0.956 bits per heavy atom. The Kier molecular flexibility index (Phi) is 8.42. The van der Waals surface area contributed by atoms with Crippen molar-refractivity contribution in [2.24, 2.45) is 0 Å². The Hall–Kier alpha value is -4.93. The number of aryl methyl sites for hydroxylation is 1. The molecule has 2 N–H and O–H groups in total. The van der Waals surface area contributed by atoms with Crippen LogP contribution in [0.1, 0.15) is 45.4 Å². The Labute approximate surface area is 266 Å². The molecule has 2 amide bonds. The van der Waals surface area contributed by atoms with Crippen LogP contribution in [-0.4, -0.2) is 31.8 Å². The van der Waals surface area contributed by atoms with Crippen molar-refractivity contribution >= 4 is 51.2 Å². The molecule has 0 aliphatic heterocycles. The summed E-state index contributed by atoms with van der Waals surface area (Å²) in [5.41, 5.74) is 12.2. The van der Waals surface area contributed by atoms with E-state index in [2.05, 4.69) is 15.8 Å². The van der Waals surface area contributed by atoms with Gasteiger partial charge in [-0.15, -0.1) is 11.3 Å². The molecular formula is C35H29FN4O3S2. The number of nitrogens with zero attached hydrogens (tertiary/aromatic N) is 2. The van der Waals surface area contributed by atoms with Crippen LogP contribution in [-0.2, 0) is 15.6 Å². The molecule has 1 atom stereocenters. The highest BCUT2D eigenvalue weighted by atomic mass is 32.2. The molecule has 1 aliphatic carbocycles. The summed E-state index contributed by atoms with van der Waals surface area (Å²) in [6.45, 7) is 3.65. The zero-order chi connectivity index (χ0) is 31.7. The van der Waals surface area contributed by atoms with Crippen molar-refractivity contribution in [1.29, 1.82) is 0 Å². The van der Waals surface area contributed by atoms with E-state index in [9.17, 15) is 18.2 Å². The number of hydrazine groups is 1. The number of benzene rings is 3. The third-order valence-corrected chi connectivity index (χ3v) is 9.77. The summed E-state index contributed by atoms with van der Waals surface area (Å²) in [5.74, 6) is -1.31. The molecule has 226 valence electrons. The number of hydrogen-bond acceptors (Lipinski definition) is 5. The summed E-state index contributed by atoms with van der Waals surface area (Å²) >= 11 is 1.25. The van der Waals surface area contributed by atoms with E-state index in [1.54, 1.807) is 19.2 Å². The van der Waals surface area contributed by atoms with Crippen LogP contribution >= 0.6 is 11.3 Å². The molecular weight excluding hydrogens is 608 g/mol. The SMILES string of the molecule is CC1=C(CC(=O)NNC(=O)c2sc(-c3cccc(-n4cccc4)c3)nc2C)c2cc(F)ccc2/C1=C\c1ccc(S(C)=O)cc1. The number of fused-ring (bicyclic) bond motifs is 1. The first kappa shape index (κ1) is 30.1. The number of allylic oxidation sites excluding steroid dienone is 2. The van der Waals surface area contributed by atoms with E-state index in [-0.39, 0.29) is 6.42 Å². The van der Waals surface area contributed by atoms with Gasteiger partial charge in [0, 0.05) is 45.6 Å². The topological polar surface area (TPSA) is 93.1 Å². The van der Waals surface area contributed by atoms with Crippen molar-refractivity contribution in [2.75, 3.05) is 6.26 Å². The van der Waals surface area contributed by atoms with E-state index in [1.165, 1.54) is 23.5 Å². The molecule has 1 aliphatic rings. The number of nitrogens with one attached hydrogen (secondary N) is 2. The van der Waals surface area contributed by atoms with Crippen molar-refractivity contribution in [3.8, 4) is 16.3 Å². The molecule has 0 saturated heterocycles. The van der Waals surface area contributed by atoms with Crippen LogP contribution < -0.4 is 10.9 Å². The van der Waals surface area contributed by atoms with E-state index in [0.29, 0.717) is 26.7 Å². The van der Waals surface area contributed by atoms with Crippen LogP contribution in [0.25, 0.3) is 33.5 Å². The van der Waals surface area contributed by atoms with Crippen LogP contribution in [0.3, 0.4) is 0 Å². The van der Waals surface area contributed by atoms with E-state index in [4.69, 9.17) is 0 Å². The fourth-order valence-corrected chi connectivity index (χ4v) is 6.81. The van der Waals surface area contributed by atoms with Crippen molar-refractivity contribution in [1.82, 2.24) is 20.4 Å². The molecule has 7 nitrogen and oxygen atoms in total. The normalized spacial score (nSPS) is 14.0. The second-order valence-electron chi connectivity index (χ2n) is 10.6. The van der Waals surface area contributed by atoms with Crippen LogP contribution in [0, 0.1) is 12.7 Å². The summed E-state index contributed by atoms with van der Waals surface area (Å²) in [4.78, 5) is 31.9. The second-order valence-corrected chi connectivity index (χ2v) is 13.0. The van der Waals surface area contributed by atoms with Gasteiger partial charge in [0.25, 0.3) is 5.91 Å². The van der Waals surface area contributed by atoms with Crippen molar-refractivity contribution < 1.29 is 18.2 Å². The molecule has 0 fully saturated rings. The predicted molar refractivity (Wildman–Crippen MR) is 177 cm³/mol. The van der Waals surface area contributed by atoms with Crippen LogP contribution in [0.5, 0.6) is 0 Å². The third kappa shape index (κ3) is 6.33. The first-order valence-electron chi connectivity index (χ1n) is 14.1. The van der Waals surface area contributed by atoms with Gasteiger partial charge in [-0.2, -0.15) is 0 Å². The van der Waals surface area contributed by atoms with Gasteiger partial charge in [0.05, 0.1) is 12.1 Å². The molecule has 5 aromatic rings. The van der Waals surface area contributed by atoms with Gasteiger partial charge in [0.1, 0.15) is 15.7 Å². The number of hydrogen-bond donors (Lipinski definition) is 2. The van der Waals surface area contributed by atoms with Gasteiger partial charge >= 0.3 is 0 Å². The number of thiazole rings is 1. The lowest BCUT2D eigenvalue weighted by Gasteiger charge is -2.09. The monoisotopic (exact) mass is 636 g/mol. The summed E-state index contributed by atoms with van der Waals surface area (Å²) in [5, 5.41) is 0.695. The van der Waals surface area contributed by atoms with Gasteiger partial charge in [-0.25, -0.2) is 9.37 Å². The first-order valence-corrected chi connectivity index (χ1v) is 16.5. The predicted octanol–water partition coefficient (Wildman–Crippen LogP) is 6.96. The van der Waals surface area contributed by atoms with Crippen molar-refractivity contribution in [2.45, 2.75) is 25.2 Å². The highest BCUT2D eigenvalue weighted by Crippen LogP contribution is 2.43. The molecule has 0 bridgehead atoms.